The summed E-state index contributed by atoms with van der Waals surface area (Å²) < 4.78 is 6.80. The Morgan fingerprint density at radius 1 is 0.764 bits per heavy atom. The number of carbonyl (C=O) groups excluding carboxylic acids is 1. The first kappa shape index (κ1) is 45.9. The van der Waals surface area contributed by atoms with Gasteiger partial charge in [-0.15, -0.1) is 29.1 Å². The first-order valence-corrected chi connectivity index (χ1v) is 20.5. The number of nitrogens with zero attached hydrogens (tertiary/aromatic N) is 1. The number of aliphatic hydroxyl groups excluding tert-OH is 1. The fourth-order valence-corrected chi connectivity index (χ4v) is 7.74. The number of fused-ring (bicyclic) bond motifs is 2. The van der Waals surface area contributed by atoms with Crippen LogP contribution in [0.1, 0.15) is 166 Å². The van der Waals surface area contributed by atoms with Gasteiger partial charge in [-0.3, -0.25) is 9.78 Å². The van der Waals surface area contributed by atoms with Crippen molar-refractivity contribution in [3.8, 4) is 22.6 Å². The number of pyridine rings is 1. The fraction of sp³-hybridized carbons (Fsp3) is 0.480. The maximum Gasteiger partial charge on any atom is 0.162 e. The molecule has 0 amide bonds. The summed E-state index contributed by atoms with van der Waals surface area (Å²) in [7, 11) is 0. The summed E-state index contributed by atoms with van der Waals surface area (Å²) in [5, 5.41) is 13.3. The van der Waals surface area contributed by atoms with Gasteiger partial charge >= 0.3 is 0 Å². The van der Waals surface area contributed by atoms with E-state index in [1.807, 2.05) is 33.9 Å². The van der Waals surface area contributed by atoms with E-state index >= 15 is 0 Å². The maximum atomic E-state index is 11.7. The third kappa shape index (κ3) is 10.5. The van der Waals surface area contributed by atoms with Crippen molar-refractivity contribution in [2.24, 2.45) is 11.8 Å². The molecule has 5 heteroatoms. The molecule has 0 unspecified atom stereocenters. The van der Waals surface area contributed by atoms with Crippen LogP contribution in [0.2, 0.25) is 0 Å². The van der Waals surface area contributed by atoms with Crippen LogP contribution >= 0.6 is 0 Å². The molecular weight excluding hydrogens is 855 g/mol. The molecule has 2 aromatic heterocycles. The van der Waals surface area contributed by atoms with Crippen LogP contribution in [-0.2, 0) is 24.9 Å². The summed E-state index contributed by atoms with van der Waals surface area (Å²) >= 11 is 0. The van der Waals surface area contributed by atoms with Gasteiger partial charge in [-0.25, -0.2) is 0 Å². The standard InChI is InChI=1S/C37H42NO.C13H24O2.Ir/c1-20(2)27-16-31(22(5)6)35(32(17-27)23(7)8)33-19-26-11-12-38-36(37(26)39-33)29-15-28-14-24(9)13-25(10)34(28)30(18-29)21(3)4;1-5-10(6-2)12(14)9-13(15)11(7-3)8-4;/h11-14,16-23H,1-10H3;9-11,14H,5-8H2,1-4H3;/q-1;;/b;12-9-;. The van der Waals surface area contributed by atoms with E-state index in [0.29, 0.717) is 23.7 Å². The van der Waals surface area contributed by atoms with Crippen molar-refractivity contribution < 1.29 is 34.4 Å². The van der Waals surface area contributed by atoms with Crippen LogP contribution in [0.25, 0.3) is 44.3 Å². The summed E-state index contributed by atoms with van der Waals surface area (Å²) in [6.07, 6.45) is 6.81. The van der Waals surface area contributed by atoms with Gasteiger partial charge in [0.05, 0.1) is 5.76 Å². The molecule has 0 aliphatic heterocycles. The Balaban J connectivity index is 0.000000433. The van der Waals surface area contributed by atoms with Crippen molar-refractivity contribution >= 4 is 27.5 Å². The predicted molar refractivity (Wildman–Crippen MR) is 231 cm³/mol. The van der Waals surface area contributed by atoms with E-state index in [1.165, 1.54) is 50.4 Å². The van der Waals surface area contributed by atoms with Crippen molar-refractivity contribution in [2.45, 2.75) is 146 Å². The third-order valence-electron chi connectivity index (χ3n) is 11.1. The second-order valence-corrected chi connectivity index (χ2v) is 16.5. The normalized spacial score (nSPS) is 12.1. The minimum atomic E-state index is 0. The number of aliphatic hydroxyl groups is 1. The van der Waals surface area contributed by atoms with Gasteiger partial charge in [0.2, 0.25) is 0 Å². The number of furan rings is 1. The Morgan fingerprint density at radius 2 is 1.33 bits per heavy atom. The number of carbonyl (C=O) groups is 1. The second-order valence-electron chi connectivity index (χ2n) is 16.5. The van der Waals surface area contributed by atoms with E-state index < -0.39 is 0 Å². The molecule has 2 heterocycles. The van der Waals surface area contributed by atoms with Crippen LogP contribution in [0.15, 0.2) is 64.9 Å². The minimum absolute atomic E-state index is 0. The van der Waals surface area contributed by atoms with Crippen LogP contribution in [0, 0.1) is 31.7 Å². The van der Waals surface area contributed by atoms with Gasteiger partial charge in [0, 0.05) is 60.9 Å². The van der Waals surface area contributed by atoms with Gasteiger partial charge in [-0.1, -0.05) is 123 Å². The van der Waals surface area contributed by atoms with Crippen LogP contribution in [0.3, 0.4) is 0 Å². The summed E-state index contributed by atoms with van der Waals surface area (Å²) in [6, 6.07) is 19.6. The van der Waals surface area contributed by atoms with E-state index in [0.717, 1.165) is 59.1 Å². The Labute approximate surface area is 346 Å². The van der Waals surface area contributed by atoms with Crippen LogP contribution in [0.4, 0.5) is 0 Å². The molecule has 0 aliphatic rings. The molecular formula is C50H66IrNO3-. The molecule has 5 aromatic rings. The van der Waals surface area contributed by atoms with Crippen molar-refractivity contribution in [3.63, 3.8) is 0 Å². The number of allylic oxidation sites excluding steroid dienone is 2. The van der Waals surface area contributed by atoms with Gasteiger partial charge in [0.1, 0.15) is 11.3 Å². The Kier molecular flexibility index (Phi) is 16.7. The zero-order valence-electron chi connectivity index (χ0n) is 36.0. The van der Waals surface area contributed by atoms with Crippen molar-refractivity contribution in [1.82, 2.24) is 4.98 Å². The first-order chi connectivity index (χ1) is 25.6. The zero-order chi connectivity index (χ0) is 40.0. The number of benzene rings is 3. The third-order valence-corrected chi connectivity index (χ3v) is 11.1. The molecule has 0 fully saturated rings. The van der Waals surface area contributed by atoms with Gasteiger partial charge in [-0.2, -0.15) is 0 Å². The summed E-state index contributed by atoms with van der Waals surface area (Å²) in [4.78, 5) is 16.6. The van der Waals surface area contributed by atoms with E-state index in [9.17, 15) is 9.90 Å². The number of hydrogen-bond acceptors (Lipinski definition) is 4. The smallest absolute Gasteiger partial charge is 0.162 e. The van der Waals surface area contributed by atoms with Crippen molar-refractivity contribution in [1.29, 1.82) is 0 Å². The Hall–Kier alpha value is -3.53. The van der Waals surface area contributed by atoms with E-state index in [2.05, 4.69) is 118 Å². The molecule has 0 bridgehead atoms. The van der Waals surface area contributed by atoms with Crippen molar-refractivity contribution in [2.75, 3.05) is 0 Å². The fourth-order valence-electron chi connectivity index (χ4n) is 7.74. The maximum absolute atomic E-state index is 11.7. The Bertz CT molecular complexity index is 2060. The van der Waals surface area contributed by atoms with E-state index in [4.69, 9.17) is 9.40 Å². The number of rotatable bonds is 13. The molecule has 1 N–H and O–H groups in total. The first-order valence-electron chi connectivity index (χ1n) is 20.5. The largest absolute Gasteiger partial charge is 0.512 e. The Morgan fingerprint density at radius 3 is 1.84 bits per heavy atom. The minimum Gasteiger partial charge on any atom is -0.512 e. The summed E-state index contributed by atoms with van der Waals surface area (Å²) in [6.45, 7) is 30.6. The van der Waals surface area contributed by atoms with Crippen LogP contribution in [-0.4, -0.2) is 15.9 Å². The number of hydrogen-bond donors (Lipinski definition) is 1. The zero-order valence-corrected chi connectivity index (χ0v) is 38.4. The monoisotopic (exact) mass is 921 g/mol. The predicted octanol–water partition coefficient (Wildman–Crippen LogP) is 15.1. The molecule has 3 aromatic carbocycles. The van der Waals surface area contributed by atoms with Gasteiger partial charge in [-0.05, 0) is 92.0 Å². The summed E-state index contributed by atoms with van der Waals surface area (Å²) in [5.41, 5.74) is 11.9. The molecule has 0 saturated heterocycles. The molecule has 299 valence electrons. The molecule has 5 rings (SSSR count). The quantitative estimate of drug-likeness (QED) is 0.0726. The molecule has 0 saturated carbocycles. The van der Waals surface area contributed by atoms with Gasteiger partial charge in [0.25, 0.3) is 0 Å². The van der Waals surface area contributed by atoms with Crippen LogP contribution < -0.4 is 0 Å². The molecule has 0 atom stereocenters. The van der Waals surface area contributed by atoms with Crippen LogP contribution in [0.5, 0.6) is 0 Å². The molecule has 4 nitrogen and oxygen atoms in total. The SMILES string of the molecule is CCC(CC)C(=O)/C=C(\O)C(CC)CC.Cc1cc(C)c2c(C(C)C)cc(-c3nccc4cc(-c5c(C(C)C)cc(C(C)C)cc5C(C)C)oc34)[c-]c2c1.[Ir]. The molecule has 0 aliphatic carbocycles. The molecule has 0 spiro atoms. The average Bonchev–Trinajstić information content (AvgIpc) is 3.56. The number of aromatic nitrogens is 1. The summed E-state index contributed by atoms with van der Waals surface area (Å²) in [5.74, 6) is 3.11. The van der Waals surface area contributed by atoms with E-state index in [-0.39, 0.29) is 43.5 Å². The molecule has 1 radical (unpaired) electrons. The number of ketones is 1. The topological polar surface area (TPSA) is 63.3 Å². The average molecular weight is 921 g/mol. The molecule has 55 heavy (non-hydrogen) atoms. The number of aryl methyl sites for hydroxylation is 2. The van der Waals surface area contributed by atoms with E-state index in [1.54, 1.807) is 0 Å². The van der Waals surface area contributed by atoms with Crippen molar-refractivity contribution in [3.05, 3.63) is 99.9 Å². The van der Waals surface area contributed by atoms with Gasteiger partial charge < -0.3 is 9.52 Å². The van der Waals surface area contributed by atoms with Gasteiger partial charge in [0.15, 0.2) is 5.78 Å². The second kappa shape index (κ2) is 20.1.